The zero-order valence-electron chi connectivity index (χ0n) is 7.56. The maximum Gasteiger partial charge on any atom is 0.253 e. The number of rotatable bonds is 2. The molecule has 6 nitrogen and oxygen atoms in total. The zero-order valence-corrected chi connectivity index (χ0v) is 7.56. The van der Waals surface area contributed by atoms with Gasteiger partial charge < -0.3 is 11.1 Å². The van der Waals surface area contributed by atoms with Gasteiger partial charge in [0, 0.05) is 17.6 Å². The molecule has 0 saturated heterocycles. The monoisotopic (exact) mass is 191 g/mol. The van der Waals surface area contributed by atoms with E-state index in [1.165, 1.54) is 13.1 Å². The van der Waals surface area contributed by atoms with Crippen molar-refractivity contribution < 1.29 is 4.79 Å². The summed E-state index contributed by atoms with van der Waals surface area (Å²) in [6, 6.07) is 4.72. The fourth-order valence-corrected chi connectivity index (χ4v) is 1.06. The molecule has 1 amide bonds. The first-order valence-corrected chi connectivity index (χ1v) is 3.86. The lowest BCUT2D eigenvalue weighted by molar-refractivity contribution is 0.0964. The number of hydrogen-bond acceptors (Lipinski definition) is 3. The number of carbonyl (C=O) groups is 1. The fraction of sp³-hybridized carbons (Fsp3) is 0.125. The van der Waals surface area contributed by atoms with Crippen molar-refractivity contribution in [3.63, 3.8) is 0 Å². The average Bonchev–Trinajstić information content (AvgIpc) is 2.18. The number of anilines is 1. The van der Waals surface area contributed by atoms with Gasteiger partial charge in [0.1, 0.15) is 0 Å². The molecular formula is C8H9N5O. The molecular weight excluding hydrogens is 182 g/mol. The minimum Gasteiger partial charge on any atom is -0.398 e. The first kappa shape index (κ1) is 9.88. The molecule has 72 valence electrons. The highest BCUT2D eigenvalue weighted by Gasteiger charge is 2.11. The topological polar surface area (TPSA) is 104 Å². The van der Waals surface area contributed by atoms with Crippen LogP contribution in [0.25, 0.3) is 10.4 Å². The predicted octanol–water partition coefficient (Wildman–Crippen LogP) is 1.57. The minimum absolute atomic E-state index is 0.202. The molecule has 3 N–H and O–H groups in total. The van der Waals surface area contributed by atoms with Crippen LogP contribution in [0.3, 0.4) is 0 Å². The lowest BCUT2D eigenvalue weighted by atomic mass is 10.1. The Bertz CT molecular complexity index is 408. The summed E-state index contributed by atoms with van der Waals surface area (Å²) in [5, 5.41) is 5.79. The number of nitrogen functional groups attached to an aromatic ring is 1. The van der Waals surface area contributed by atoms with Crippen LogP contribution in [0.5, 0.6) is 0 Å². The maximum absolute atomic E-state index is 11.4. The molecule has 1 aromatic rings. The van der Waals surface area contributed by atoms with Gasteiger partial charge in [-0.25, -0.2) is 0 Å². The van der Waals surface area contributed by atoms with E-state index in [-0.39, 0.29) is 22.8 Å². The van der Waals surface area contributed by atoms with Gasteiger partial charge >= 0.3 is 0 Å². The summed E-state index contributed by atoms with van der Waals surface area (Å²) in [6.07, 6.45) is 0. The molecule has 0 fully saturated rings. The largest absolute Gasteiger partial charge is 0.398 e. The number of nitrogens with zero attached hydrogens (tertiary/aromatic N) is 3. The molecule has 6 heteroatoms. The van der Waals surface area contributed by atoms with E-state index in [1.54, 1.807) is 12.1 Å². The van der Waals surface area contributed by atoms with Crippen molar-refractivity contribution in [2.24, 2.45) is 5.11 Å². The SMILES string of the molecule is CNC(=O)c1c(N)cccc1N=[N+]=[N-]. The van der Waals surface area contributed by atoms with E-state index in [2.05, 4.69) is 15.3 Å². The third-order valence-corrected chi connectivity index (χ3v) is 1.68. The van der Waals surface area contributed by atoms with E-state index in [9.17, 15) is 4.79 Å². The molecule has 0 aliphatic heterocycles. The van der Waals surface area contributed by atoms with Crippen LogP contribution in [0.2, 0.25) is 0 Å². The average molecular weight is 191 g/mol. The van der Waals surface area contributed by atoms with Gasteiger partial charge in [-0.1, -0.05) is 17.2 Å². The summed E-state index contributed by atoms with van der Waals surface area (Å²) in [4.78, 5) is 14.0. The molecule has 0 aromatic heterocycles. The Morgan fingerprint density at radius 2 is 2.36 bits per heavy atom. The highest BCUT2D eigenvalue weighted by molar-refractivity contribution is 6.03. The molecule has 0 bridgehead atoms. The third kappa shape index (κ3) is 1.75. The van der Waals surface area contributed by atoms with Crippen LogP contribution in [-0.2, 0) is 0 Å². The summed E-state index contributed by atoms with van der Waals surface area (Å²) < 4.78 is 0. The summed E-state index contributed by atoms with van der Waals surface area (Å²) in [5.74, 6) is -0.370. The van der Waals surface area contributed by atoms with Gasteiger partial charge in [0.15, 0.2) is 0 Å². The molecule has 1 rings (SSSR count). The second kappa shape index (κ2) is 4.15. The van der Waals surface area contributed by atoms with Gasteiger partial charge in [-0.15, -0.1) is 0 Å². The summed E-state index contributed by atoms with van der Waals surface area (Å²) in [5.41, 5.74) is 14.6. The lowest BCUT2D eigenvalue weighted by Crippen LogP contribution is -2.19. The molecule has 0 aliphatic rings. The summed E-state index contributed by atoms with van der Waals surface area (Å²) >= 11 is 0. The van der Waals surface area contributed by atoms with E-state index in [0.29, 0.717) is 0 Å². The Labute approximate surface area is 80.3 Å². The van der Waals surface area contributed by atoms with Crippen LogP contribution in [0.15, 0.2) is 23.3 Å². The minimum atomic E-state index is -0.370. The van der Waals surface area contributed by atoms with Crippen molar-refractivity contribution in [2.75, 3.05) is 12.8 Å². The highest BCUT2D eigenvalue weighted by atomic mass is 16.1. The first-order valence-electron chi connectivity index (χ1n) is 3.86. The first-order chi connectivity index (χ1) is 6.70. The third-order valence-electron chi connectivity index (χ3n) is 1.68. The summed E-state index contributed by atoms with van der Waals surface area (Å²) in [7, 11) is 1.48. The lowest BCUT2D eigenvalue weighted by Gasteiger charge is -2.06. The van der Waals surface area contributed by atoms with Gasteiger partial charge in [-0.2, -0.15) is 0 Å². The van der Waals surface area contributed by atoms with Crippen molar-refractivity contribution in [2.45, 2.75) is 0 Å². The smallest absolute Gasteiger partial charge is 0.253 e. The number of benzene rings is 1. The number of amides is 1. The molecule has 0 unspecified atom stereocenters. The second-order valence-electron chi connectivity index (χ2n) is 2.51. The van der Waals surface area contributed by atoms with Crippen molar-refractivity contribution in [1.82, 2.24) is 5.32 Å². The zero-order chi connectivity index (χ0) is 10.6. The van der Waals surface area contributed by atoms with Crippen molar-refractivity contribution in [1.29, 1.82) is 0 Å². The number of nitrogens with two attached hydrogens (primary N) is 1. The van der Waals surface area contributed by atoms with E-state index >= 15 is 0 Å². The molecule has 0 saturated carbocycles. The Morgan fingerprint density at radius 1 is 1.64 bits per heavy atom. The molecule has 0 spiro atoms. The van der Waals surface area contributed by atoms with Gasteiger partial charge in [-0.05, 0) is 11.6 Å². The molecule has 0 atom stereocenters. The maximum atomic E-state index is 11.4. The van der Waals surface area contributed by atoms with Crippen LogP contribution in [0, 0.1) is 0 Å². The number of nitrogens with one attached hydrogen (secondary N) is 1. The van der Waals surface area contributed by atoms with Gasteiger partial charge in [0.25, 0.3) is 5.91 Å². The Kier molecular flexibility index (Phi) is 2.93. The van der Waals surface area contributed by atoms with Gasteiger partial charge in [-0.3, -0.25) is 4.79 Å². The molecule has 0 radical (unpaired) electrons. The van der Waals surface area contributed by atoms with E-state index in [0.717, 1.165) is 0 Å². The van der Waals surface area contributed by atoms with E-state index in [1.807, 2.05) is 0 Å². The predicted molar refractivity (Wildman–Crippen MR) is 53.1 cm³/mol. The Balaban J connectivity index is 3.36. The van der Waals surface area contributed by atoms with Crippen molar-refractivity contribution in [3.8, 4) is 0 Å². The molecule has 0 heterocycles. The number of hydrogen-bond donors (Lipinski definition) is 2. The van der Waals surface area contributed by atoms with Crippen LogP contribution >= 0.6 is 0 Å². The van der Waals surface area contributed by atoms with Crippen molar-refractivity contribution in [3.05, 3.63) is 34.2 Å². The van der Waals surface area contributed by atoms with Crippen LogP contribution < -0.4 is 11.1 Å². The Hall–Kier alpha value is -2.20. The number of carbonyl (C=O) groups excluding carboxylic acids is 1. The molecule has 1 aromatic carbocycles. The molecule has 0 aliphatic carbocycles. The van der Waals surface area contributed by atoms with E-state index in [4.69, 9.17) is 11.3 Å². The quantitative estimate of drug-likeness (QED) is 0.320. The second-order valence-corrected chi connectivity index (χ2v) is 2.51. The normalized spacial score (nSPS) is 8.93. The Morgan fingerprint density at radius 3 is 2.93 bits per heavy atom. The highest BCUT2D eigenvalue weighted by Crippen LogP contribution is 2.24. The number of azide groups is 1. The summed E-state index contributed by atoms with van der Waals surface area (Å²) in [6.45, 7) is 0. The van der Waals surface area contributed by atoms with Crippen LogP contribution in [0.4, 0.5) is 11.4 Å². The standard InChI is InChI=1S/C8H9N5O/c1-11-8(14)7-5(9)3-2-4-6(7)12-13-10/h2-4H,9H2,1H3,(H,11,14). The van der Waals surface area contributed by atoms with Gasteiger partial charge in [0.05, 0.1) is 11.3 Å². The van der Waals surface area contributed by atoms with Crippen LogP contribution in [0.1, 0.15) is 10.4 Å². The van der Waals surface area contributed by atoms with E-state index < -0.39 is 0 Å². The molecule has 14 heavy (non-hydrogen) atoms. The van der Waals surface area contributed by atoms with Crippen LogP contribution in [-0.4, -0.2) is 13.0 Å². The van der Waals surface area contributed by atoms with Crippen molar-refractivity contribution >= 4 is 17.3 Å². The fourth-order valence-electron chi connectivity index (χ4n) is 1.06. The van der Waals surface area contributed by atoms with Gasteiger partial charge in [0.2, 0.25) is 0 Å².